The summed E-state index contributed by atoms with van der Waals surface area (Å²) in [5.74, 6) is 0. The lowest BCUT2D eigenvalue weighted by Gasteiger charge is -2.28. The molecule has 2 heterocycles. The Morgan fingerprint density at radius 1 is 1.26 bits per heavy atom. The highest BCUT2D eigenvalue weighted by Gasteiger charge is 2.33. The third-order valence-electron chi connectivity index (χ3n) is 3.44. The van der Waals surface area contributed by atoms with Crippen molar-refractivity contribution in [3.8, 4) is 0 Å². The largest absolute Gasteiger partial charge is 0.444 e. The highest BCUT2D eigenvalue weighted by Crippen LogP contribution is 2.35. The molecule has 0 spiro atoms. The first-order valence-corrected chi connectivity index (χ1v) is 9.01. The molecule has 1 saturated heterocycles. The molecule has 0 saturated carbocycles. The number of likely N-dealkylation sites (tertiary alicyclic amines) is 1. The average molecular weight is 337 g/mol. The number of carbonyl (C=O) groups is 1. The van der Waals surface area contributed by atoms with Gasteiger partial charge in [-0.3, -0.25) is 0 Å². The molecule has 0 radical (unpaired) electrons. The van der Waals surface area contributed by atoms with Crippen LogP contribution in [0.2, 0.25) is 0 Å². The van der Waals surface area contributed by atoms with Crippen molar-refractivity contribution in [2.75, 3.05) is 6.54 Å². The quantitative estimate of drug-likeness (QED) is 0.709. The number of aromatic nitrogens is 1. The zero-order valence-electron chi connectivity index (χ0n) is 15.0. The molecule has 1 aromatic rings. The maximum Gasteiger partial charge on any atom is 0.410 e. The lowest BCUT2D eigenvalue weighted by molar-refractivity contribution is 0.0224. The van der Waals surface area contributed by atoms with E-state index < -0.39 is 5.60 Å². The van der Waals surface area contributed by atoms with Gasteiger partial charge in [-0.15, -0.1) is 11.8 Å². The summed E-state index contributed by atoms with van der Waals surface area (Å²) in [4.78, 5) is 18.8. The van der Waals surface area contributed by atoms with Gasteiger partial charge >= 0.3 is 6.09 Å². The number of nitrogens with zero attached hydrogens (tertiary/aromatic N) is 2. The van der Waals surface area contributed by atoms with Gasteiger partial charge < -0.3 is 9.64 Å². The van der Waals surface area contributed by atoms with Crippen molar-refractivity contribution in [3.05, 3.63) is 23.9 Å². The zero-order chi connectivity index (χ0) is 17.3. The number of hydrogen-bond acceptors (Lipinski definition) is 4. The van der Waals surface area contributed by atoms with Gasteiger partial charge in [0.05, 0.1) is 11.1 Å². The fourth-order valence-electron chi connectivity index (χ4n) is 2.62. The summed E-state index contributed by atoms with van der Waals surface area (Å²) < 4.78 is 5.67. The molecular weight excluding hydrogens is 308 g/mol. The standard InChI is InChI=1S/C18H28N2O2S/c1-17(2,3)22-16(21)20-11-7-8-14(20)13-9-10-15(19-12-13)23-18(4,5)6/h9-10,12,14H,7-8,11H2,1-6H3/t14-/m0/s1. The van der Waals surface area contributed by atoms with E-state index in [-0.39, 0.29) is 16.9 Å². The van der Waals surface area contributed by atoms with E-state index in [1.54, 1.807) is 11.8 Å². The molecule has 0 aromatic carbocycles. The molecule has 5 heteroatoms. The van der Waals surface area contributed by atoms with Crippen molar-refractivity contribution in [1.82, 2.24) is 9.88 Å². The van der Waals surface area contributed by atoms with Crippen LogP contribution in [0.5, 0.6) is 0 Å². The second-order valence-electron chi connectivity index (χ2n) is 7.98. The smallest absolute Gasteiger partial charge is 0.410 e. The highest BCUT2D eigenvalue weighted by atomic mass is 32.2. The molecule has 128 valence electrons. The van der Waals surface area contributed by atoms with Crippen molar-refractivity contribution in [1.29, 1.82) is 0 Å². The average Bonchev–Trinajstić information content (AvgIpc) is 2.85. The topological polar surface area (TPSA) is 42.4 Å². The first kappa shape index (κ1) is 18.1. The van der Waals surface area contributed by atoms with Gasteiger partial charge in [-0.25, -0.2) is 9.78 Å². The summed E-state index contributed by atoms with van der Waals surface area (Å²) in [5, 5.41) is 1.02. The Balaban J connectivity index is 2.09. The Bertz CT molecular complexity index is 544. The van der Waals surface area contributed by atoms with Crippen molar-refractivity contribution in [3.63, 3.8) is 0 Å². The van der Waals surface area contributed by atoms with Gasteiger partial charge in [-0.05, 0) is 45.2 Å². The van der Waals surface area contributed by atoms with E-state index in [1.807, 2.05) is 31.9 Å². The van der Waals surface area contributed by atoms with Crippen LogP contribution in [0.3, 0.4) is 0 Å². The Labute approximate surface area is 144 Å². The second kappa shape index (κ2) is 6.71. The number of ether oxygens (including phenoxy) is 1. The second-order valence-corrected chi connectivity index (χ2v) is 9.82. The maximum atomic E-state index is 12.4. The maximum absolute atomic E-state index is 12.4. The molecule has 1 atom stereocenters. The molecule has 0 bridgehead atoms. The van der Waals surface area contributed by atoms with Gasteiger partial charge in [-0.2, -0.15) is 0 Å². The molecular formula is C18H28N2O2S. The lowest BCUT2D eigenvalue weighted by Crippen LogP contribution is -2.36. The molecule has 0 N–H and O–H groups in total. The fraction of sp³-hybridized carbons (Fsp3) is 0.667. The summed E-state index contributed by atoms with van der Waals surface area (Å²) in [6.07, 6.45) is 3.64. The van der Waals surface area contributed by atoms with E-state index in [0.29, 0.717) is 0 Å². The summed E-state index contributed by atoms with van der Waals surface area (Å²) in [6.45, 7) is 13.0. The summed E-state index contributed by atoms with van der Waals surface area (Å²) >= 11 is 1.75. The Morgan fingerprint density at radius 3 is 2.48 bits per heavy atom. The van der Waals surface area contributed by atoms with Crippen molar-refractivity contribution in [2.45, 2.75) is 75.8 Å². The van der Waals surface area contributed by atoms with Crippen LogP contribution in [-0.4, -0.2) is 32.9 Å². The van der Waals surface area contributed by atoms with E-state index in [0.717, 1.165) is 30.0 Å². The Kier molecular flexibility index (Phi) is 5.29. The van der Waals surface area contributed by atoms with Crippen LogP contribution in [0.4, 0.5) is 4.79 Å². The van der Waals surface area contributed by atoms with Gasteiger partial charge in [0.25, 0.3) is 0 Å². The van der Waals surface area contributed by atoms with E-state index >= 15 is 0 Å². The third kappa shape index (κ3) is 5.41. The number of thioether (sulfide) groups is 1. The minimum atomic E-state index is -0.463. The minimum absolute atomic E-state index is 0.0750. The molecule has 1 fully saturated rings. The number of hydrogen-bond donors (Lipinski definition) is 0. The predicted molar refractivity (Wildman–Crippen MR) is 94.8 cm³/mol. The van der Waals surface area contributed by atoms with E-state index in [4.69, 9.17) is 4.74 Å². The molecule has 4 nitrogen and oxygen atoms in total. The normalized spacial score (nSPS) is 19.0. The lowest BCUT2D eigenvalue weighted by atomic mass is 10.1. The molecule has 0 unspecified atom stereocenters. The molecule has 1 amide bonds. The molecule has 2 rings (SSSR count). The van der Waals surface area contributed by atoms with Crippen LogP contribution in [0.1, 0.15) is 66.0 Å². The van der Waals surface area contributed by atoms with Crippen molar-refractivity contribution >= 4 is 17.9 Å². The van der Waals surface area contributed by atoms with Gasteiger partial charge in [-0.1, -0.05) is 26.8 Å². The van der Waals surface area contributed by atoms with E-state index in [9.17, 15) is 4.79 Å². The number of rotatable bonds is 2. The first-order chi connectivity index (χ1) is 10.6. The van der Waals surface area contributed by atoms with Crippen molar-refractivity contribution in [2.24, 2.45) is 0 Å². The van der Waals surface area contributed by atoms with Crippen molar-refractivity contribution < 1.29 is 9.53 Å². The van der Waals surface area contributed by atoms with Gasteiger partial charge in [0.2, 0.25) is 0 Å². The van der Waals surface area contributed by atoms with Crippen LogP contribution >= 0.6 is 11.8 Å². The first-order valence-electron chi connectivity index (χ1n) is 8.20. The Hall–Kier alpha value is -1.23. The third-order valence-corrected chi connectivity index (χ3v) is 4.50. The van der Waals surface area contributed by atoms with E-state index in [2.05, 4.69) is 37.9 Å². The molecule has 1 aliphatic heterocycles. The SMILES string of the molecule is CC(C)(C)OC(=O)N1CCC[C@H]1c1ccc(SC(C)(C)C)nc1. The zero-order valence-corrected chi connectivity index (χ0v) is 15.9. The highest BCUT2D eigenvalue weighted by molar-refractivity contribution is 8.00. The van der Waals surface area contributed by atoms with Crippen LogP contribution in [0.15, 0.2) is 23.4 Å². The van der Waals surface area contributed by atoms with Crippen LogP contribution in [-0.2, 0) is 4.74 Å². The van der Waals surface area contributed by atoms with E-state index in [1.165, 1.54) is 0 Å². The molecule has 23 heavy (non-hydrogen) atoms. The van der Waals surface area contributed by atoms with Crippen LogP contribution in [0.25, 0.3) is 0 Å². The van der Waals surface area contributed by atoms with Gasteiger partial charge in [0, 0.05) is 17.5 Å². The fourth-order valence-corrected chi connectivity index (χ4v) is 3.48. The summed E-state index contributed by atoms with van der Waals surface area (Å²) in [7, 11) is 0. The number of amides is 1. The minimum Gasteiger partial charge on any atom is -0.444 e. The van der Waals surface area contributed by atoms with Crippen LogP contribution < -0.4 is 0 Å². The number of pyridine rings is 1. The predicted octanol–water partition coefficient (Wildman–Crippen LogP) is 5.04. The van der Waals surface area contributed by atoms with Gasteiger partial charge in [0.15, 0.2) is 0 Å². The molecule has 1 aromatic heterocycles. The molecule has 0 aliphatic carbocycles. The summed E-state index contributed by atoms with van der Waals surface area (Å²) in [6, 6.07) is 4.22. The summed E-state index contributed by atoms with van der Waals surface area (Å²) in [5.41, 5.74) is 0.627. The molecule has 1 aliphatic rings. The van der Waals surface area contributed by atoms with Crippen LogP contribution in [0, 0.1) is 0 Å². The number of carbonyl (C=O) groups excluding carboxylic acids is 1. The van der Waals surface area contributed by atoms with Gasteiger partial charge in [0.1, 0.15) is 5.60 Å². The monoisotopic (exact) mass is 336 g/mol. The Morgan fingerprint density at radius 2 is 1.96 bits per heavy atom.